The fourth-order valence-corrected chi connectivity index (χ4v) is 2.24. The van der Waals surface area contributed by atoms with Gasteiger partial charge in [0, 0.05) is 24.3 Å². The summed E-state index contributed by atoms with van der Waals surface area (Å²) in [4.78, 5) is 0. The Labute approximate surface area is 122 Å². The lowest BCUT2D eigenvalue weighted by Gasteiger charge is -2.19. The third-order valence-corrected chi connectivity index (χ3v) is 3.49. The zero-order valence-corrected chi connectivity index (χ0v) is 12.9. The summed E-state index contributed by atoms with van der Waals surface area (Å²) in [5.41, 5.74) is 2.62. The number of nitrogens with one attached hydrogen (secondary N) is 1. The Hall–Kier alpha value is -1.61. The van der Waals surface area contributed by atoms with E-state index in [0.717, 1.165) is 13.0 Å². The van der Waals surface area contributed by atoms with Crippen molar-refractivity contribution in [1.29, 1.82) is 0 Å². The minimum absolute atomic E-state index is 0.0435. The molecule has 0 aliphatic carbocycles. The molecule has 3 heteroatoms. The molecule has 0 spiro atoms. The number of hydrogen-bond donors (Lipinski definition) is 1. The largest absolute Gasteiger partial charge is 0.306 e. The van der Waals surface area contributed by atoms with Gasteiger partial charge in [0.25, 0.3) is 0 Å². The van der Waals surface area contributed by atoms with Crippen molar-refractivity contribution in [2.75, 3.05) is 0 Å². The van der Waals surface area contributed by atoms with Crippen LogP contribution < -0.4 is 5.32 Å². The maximum Gasteiger partial charge on any atom is 0.0543 e. The summed E-state index contributed by atoms with van der Waals surface area (Å²) >= 11 is 0. The lowest BCUT2D eigenvalue weighted by Crippen LogP contribution is -2.22. The quantitative estimate of drug-likeness (QED) is 0.894. The Morgan fingerprint density at radius 2 is 1.90 bits per heavy atom. The van der Waals surface area contributed by atoms with Crippen molar-refractivity contribution in [3.05, 3.63) is 53.9 Å². The van der Waals surface area contributed by atoms with E-state index in [4.69, 9.17) is 0 Å². The zero-order valence-electron chi connectivity index (χ0n) is 12.9. The van der Waals surface area contributed by atoms with Gasteiger partial charge in [-0.2, -0.15) is 5.10 Å². The van der Waals surface area contributed by atoms with Gasteiger partial charge in [0.15, 0.2) is 0 Å². The van der Waals surface area contributed by atoms with Gasteiger partial charge in [0.05, 0.1) is 11.7 Å². The maximum atomic E-state index is 4.44. The third kappa shape index (κ3) is 3.70. The highest BCUT2D eigenvalue weighted by Gasteiger charge is 2.14. The van der Waals surface area contributed by atoms with Crippen molar-refractivity contribution in [2.24, 2.45) is 0 Å². The molecule has 2 aromatic rings. The average molecular weight is 271 g/mol. The zero-order chi connectivity index (χ0) is 14.6. The lowest BCUT2D eigenvalue weighted by atomic mass is 10.0. The molecule has 0 saturated heterocycles. The summed E-state index contributed by atoms with van der Waals surface area (Å²) in [5.74, 6) is 0. The first-order valence-electron chi connectivity index (χ1n) is 7.33. The molecule has 1 atom stereocenters. The predicted molar refractivity (Wildman–Crippen MR) is 83.5 cm³/mol. The number of aromatic nitrogens is 2. The Balaban J connectivity index is 1.99. The molecule has 1 unspecified atom stereocenters. The van der Waals surface area contributed by atoms with E-state index in [2.05, 4.69) is 74.6 Å². The normalized spacial score (nSPS) is 13.4. The molecule has 3 nitrogen and oxygen atoms in total. The van der Waals surface area contributed by atoms with Crippen LogP contribution in [0.1, 0.15) is 51.3 Å². The second-order valence-electron chi connectivity index (χ2n) is 6.22. The molecule has 0 amide bonds. The van der Waals surface area contributed by atoms with Gasteiger partial charge in [0.2, 0.25) is 0 Å². The smallest absolute Gasteiger partial charge is 0.0543 e. The summed E-state index contributed by atoms with van der Waals surface area (Å²) in [6.45, 7) is 9.55. The van der Waals surface area contributed by atoms with Crippen LogP contribution in [0, 0.1) is 0 Å². The molecule has 1 heterocycles. The van der Waals surface area contributed by atoms with Crippen LogP contribution in [-0.4, -0.2) is 9.78 Å². The van der Waals surface area contributed by atoms with Crippen molar-refractivity contribution >= 4 is 0 Å². The number of nitrogens with zero attached hydrogens (tertiary/aromatic N) is 2. The third-order valence-electron chi connectivity index (χ3n) is 3.49. The fourth-order valence-electron chi connectivity index (χ4n) is 2.24. The van der Waals surface area contributed by atoms with E-state index in [1.165, 1.54) is 11.1 Å². The van der Waals surface area contributed by atoms with E-state index in [1.807, 2.05) is 10.9 Å². The lowest BCUT2D eigenvalue weighted by molar-refractivity contribution is 0.355. The molecule has 2 rings (SSSR count). The minimum Gasteiger partial charge on any atom is -0.306 e. The fraction of sp³-hybridized carbons (Fsp3) is 0.471. The molecule has 0 fully saturated rings. The second kappa shape index (κ2) is 6.23. The van der Waals surface area contributed by atoms with E-state index >= 15 is 0 Å². The monoisotopic (exact) mass is 271 g/mol. The molecule has 0 radical (unpaired) electrons. The van der Waals surface area contributed by atoms with Gasteiger partial charge in [-0.3, -0.25) is 4.68 Å². The van der Waals surface area contributed by atoms with Crippen LogP contribution in [0.25, 0.3) is 0 Å². The van der Waals surface area contributed by atoms with Crippen LogP contribution in [0.5, 0.6) is 0 Å². The number of benzene rings is 1. The topological polar surface area (TPSA) is 29.9 Å². The van der Waals surface area contributed by atoms with Crippen molar-refractivity contribution in [1.82, 2.24) is 15.1 Å². The summed E-state index contributed by atoms with van der Waals surface area (Å²) in [6.07, 6.45) is 5.16. The Morgan fingerprint density at radius 3 is 2.45 bits per heavy atom. The molecule has 0 bridgehead atoms. The highest BCUT2D eigenvalue weighted by molar-refractivity contribution is 5.19. The first-order chi connectivity index (χ1) is 9.50. The van der Waals surface area contributed by atoms with Crippen LogP contribution in [0.3, 0.4) is 0 Å². The van der Waals surface area contributed by atoms with E-state index in [0.29, 0.717) is 6.04 Å². The standard InChI is InChI=1S/C17H25N3/c1-5-16(15-9-7-6-8-10-15)18-11-14-12-19-20(13-14)17(2,3)4/h6-10,12-13,16,18H,5,11H2,1-4H3. The number of hydrogen-bond acceptors (Lipinski definition) is 2. The van der Waals surface area contributed by atoms with Crippen molar-refractivity contribution in [2.45, 2.75) is 52.2 Å². The molecule has 0 saturated carbocycles. The molecular formula is C17H25N3. The van der Waals surface area contributed by atoms with Crippen LogP contribution in [0.4, 0.5) is 0 Å². The van der Waals surface area contributed by atoms with Crippen molar-refractivity contribution in [3.63, 3.8) is 0 Å². The summed E-state index contributed by atoms with van der Waals surface area (Å²) in [5, 5.41) is 8.05. The van der Waals surface area contributed by atoms with Gasteiger partial charge in [-0.15, -0.1) is 0 Å². The van der Waals surface area contributed by atoms with E-state index in [1.54, 1.807) is 0 Å². The molecule has 1 aromatic carbocycles. The molecule has 0 aliphatic rings. The number of rotatable bonds is 5. The average Bonchev–Trinajstić information content (AvgIpc) is 2.89. The Kier molecular flexibility index (Phi) is 4.61. The van der Waals surface area contributed by atoms with Crippen molar-refractivity contribution in [3.8, 4) is 0 Å². The van der Waals surface area contributed by atoms with E-state index in [-0.39, 0.29) is 5.54 Å². The molecule has 108 valence electrons. The van der Waals surface area contributed by atoms with Crippen LogP contribution in [0.15, 0.2) is 42.7 Å². The van der Waals surface area contributed by atoms with Crippen molar-refractivity contribution < 1.29 is 0 Å². The predicted octanol–water partition coefficient (Wildman–Crippen LogP) is 3.88. The van der Waals surface area contributed by atoms with Gasteiger partial charge in [-0.1, -0.05) is 37.3 Å². The van der Waals surface area contributed by atoms with Gasteiger partial charge in [-0.25, -0.2) is 0 Å². The Morgan fingerprint density at radius 1 is 1.20 bits per heavy atom. The molecular weight excluding hydrogens is 246 g/mol. The first-order valence-corrected chi connectivity index (χ1v) is 7.33. The van der Waals surface area contributed by atoms with E-state index in [9.17, 15) is 0 Å². The minimum atomic E-state index is 0.0435. The summed E-state index contributed by atoms with van der Waals surface area (Å²) in [7, 11) is 0. The molecule has 20 heavy (non-hydrogen) atoms. The van der Waals surface area contributed by atoms with E-state index < -0.39 is 0 Å². The summed E-state index contributed by atoms with van der Waals surface area (Å²) in [6, 6.07) is 11.0. The van der Waals surface area contributed by atoms with Gasteiger partial charge < -0.3 is 5.32 Å². The van der Waals surface area contributed by atoms with Gasteiger partial charge in [0.1, 0.15) is 0 Å². The Bertz CT molecular complexity index is 523. The van der Waals surface area contributed by atoms with Gasteiger partial charge in [-0.05, 0) is 32.8 Å². The van der Waals surface area contributed by atoms with Crippen LogP contribution in [0.2, 0.25) is 0 Å². The molecule has 1 N–H and O–H groups in total. The second-order valence-corrected chi connectivity index (χ2v) is 6.22. The maximum absolute atomic E-state index is 4.44. The molecule has 1 aromatic heterocycles. The highest BCUT2D eigenvalue weighted by Crippen LogP contribution is 2.17. The SMILES string of the molecule is CCC(NCc1cnn(C(C)(C)C)c1)c1ccccc1. The first kappa shape index (κ1) is 14.8. The van der Waals surface area contributed by atoms with Gasteiger partial charge >= 0.3 is 0 Å². The summed E-state index contributed by atoms with van der Waals surface area (Å²) < 4.78 is 2.02. The highest BCUT2D eigenvalue weighted by atomic mass is 15.3. The van der Waals surface area contributed by atoms with Crippen LogP contribution in [-0.2, 0) is 12.1 Å². The molecule has 0 aliphatic heterocycles. The van der Waals surface area contributed by atoms with Crippen LogP contribution >= 0.6 is 0 Å².